The van der Waals surface area contributed by atoms with Gasteiger partial charge in [0.15, 0.2) is 17.6 Å². The highest BCUT2D eigenvalue weighted by Gasteiger charge is 2.18. The van der Waals surface area contributed by atoms with E-state index in [0.29, 0.717) is 24.5 Å². The van der Waals surface area contributed by atoms with Gasteiger partial charge < -0.3 is 19.5 Å². The van der Waals surface area contributed by atoms with Crippen molar-refractivity contribution in [2.75, 3.05) is 20.8 Å². The van der Waals surface area contributed by atoms with Gasteiger partial charge in [0, 0.05) is 11.9 Å². The molecule has 5 nitrogen and oxygen atoms in total. The number of benzene rings is 3. The number of aryl methyl sites for hydroxylation is 1. The molecule has 0 bridgehead atoms. The average molecular weight is 408 g/mol. The van der Waals surface area contributed by atoms with Gasteiger partial charge in [0.2, 0.25) is 0 Å². The van der Waals surface area contributed by atoms with E-state index in [0.717, 1.165) is 34.9 Å². The zero-order valence-electron chi connectivity index (χ0n) is 17.8. The molecule has 3 rings (SSSR count). The fraction of sp³-hybridized carbons (Fsp3) is 0.320. The van der Waals surface area contributed by atoms with Crippen molar-refractivity contribution in [2.24, 2.45) is 0 Å². The summed E-state index contributed by atoms with van der Waals surface area (Å²) in [6, 6.07) is 19.8. The monoisotopic (exact) mass is 407 g/mol. The molecule has 3 aromatic carbocycles. The Morgan fingerprint density at radius 2 is 1.70 bits per heavy atom. The van der Waals surface area contributed by atoms with Crippen molar-refractivity contribution in [1.82, 2.24) is 5.32 Å². The highest BCUT2D eigenvalue weighted by molar-refractivity contribution is 5.89. The van der Waals surface area contributed by atoms with Crippen LogP contribution in [0, 0.1) is 0 Å². The van der Waals surface area contributed by atoms with Crippen molar-refractivity contribution in [3.63, 3.8) is 0 Å². The maximum absolute atomic E-state index is 12.6. The molecule has 5 heteroatoms. The maximum Gasteiger partial charge on any atom is 0.261 e. The average Bonchev–Trinajstić information content (AvgIpc) is 2.79. The molecule has 0 saturated carbocycles. The number of carbonyl (C=O) groups is 1. The number of ether oxygens (including phenoxy) is 3. The standard InChI is InChI=1S/C25H29NO4/c1-4-21(30-22-13-7-11-19-10-5-6-12-20(19)22)25(27)26-16-8-9-18-14-15-23(28-2)24(17-18)29-3/h5-7,10-15,17,21H,4,8-9,16H2,1-3H3,(H,26,27). The lowest BCUT2D eigenvalue weighted by molar-refractivity contribution is -0.128. The molecular formula is C25H29NO4. The van der Waals surface area contributed by atoms with E-state index in [1.165, 1.54) is 0 Å². The largest absolute Gasteiger partial charge is 0.493 e. The molecule has 3 aromatic rings. The summed E-state index contributed by atoms with van der Waals surface area (Å²) in [4.78, 5) is 12.6. The van der Waals surface area contributed by atoms with E-state index < -0.39 is 6.10 Å². The Labute approximate surface area is 178 Å². The van der Waals surface area contributed by atoms with Gasteiger partial charge in [-0.1, -0.05) is 49.4 Å². The zero-order valence-corrected chi connectivity index (χ0v) is 17.8. The van der Waals surface area contributed by atoms with Gasteiger partial charge in [-0.05, 0) is 48.4 Å². The van der Waals surface area contributed by atoms with Crippen LogP contribution in [0.1, 0.15) is 25.3 Å². The Balaban J connectivity index is 1.53. The van der Waals surface area contributed by atoms with Gasteiger partial charge in [-0.15, -0.1) is 0 Å². The molecule has 158 valence electrons. The van der Waals surface area contributed by atoms with E-state index in [-0.39, 0.29) is 5.91 Å². The quantitative estimate of drug-likeness (QED) is 0.492. The van der Waals surface area contributed by atoms with Crippen LogP contribution in [0.4, 0.5) is 0 Å². The molecule has 0 fully saturated rings. The van der Waals surface area contributed by atoms with Crippen LogP contribution in [-0.2, 0) is 11.2 Å². The lowest BCUT2D eigenvalue weighted by Gasteiger charge is -2.18. The topological polar surface area (TPSA) is 56.8 Å². The van der Waals surface area contributed by atoms with E-state index in [4.69, 9.17) is 14.2 Å². The highest BCUT2D eigenvalue weighted by atomic mass is 16.5. The number of carbonyl (C=O) groups excluding carboxylic acids is 1. The van der Waals surface area contributed by atoms with Crippen molar-refractivity contribution in [3.05, 3.63) is 66.2 Å². The predicted octanol–water partition coefficient (Wildman–Crippen LogP) is 4.76. The van der Waals surface area contributed by atoms with Crippen LogP contribution in [0.3, 0.4) is 0 Å². The van der Waals surface area contributed by atoms with Crippen LogP contribution in [0.25, 0.3) is 10.8 Å². The van der Waals surface area contributed by atoms with Crippen molar-refractivity contribution >= 4 is 16.7 Å². The second kappa shape index (κ2) is 10.5. The fourth-order valence-electron chi connectivity index (χ4n) is 3.43. The lowest BCUT2D eigenvalue weighted by atomic mass is 10.1. The molecule has 0 aliphatic rings. The molecule has 0 aliphatic heterocycles. The molecule has 0 radical (unpaired) electrons. The van der Waals surface area contributed by atoms with Gasteiger partial charge in [-0.25, -0.2) is 0 Å². The van der Waals surface area contributed by atoms with E-state index in [1.54, 1.807) is 14.2 Å². The smallest absolute Gasteiger partial charge is 0.261 e. The van der Waals surface area contributed by atoms with Gasteiger partial charge in [0.1, 0.15) is 5.75 Å². The summed E-state index contributed by atoms with van der Waals surface area (Å²) in [7, 11) is 3.25. The van der Waals surface area contributed by atoms with Crippen LogP contribution >= 0.6 is 0 Å². The van der Waals surface area contributed by atoms with Gasteiger partial charge in [-0.3, -0.25) is 4.79 Å². The molecule has 1 amide bonds. The van der Waals surface area contributed by atoms with Crippen LogP contribution in [0.2, 0.25) is 0 Å². The number of amides is 1. The van der Waals surface area contributed by atoms with Gasteiger partial charge >= 0.3 is 0 Å². The van der Waals surface area contributed by atoms with E-state index in [1.807, 2.05) is 67.6 Å². The van der Waals surface area contributed by atoms with Crippen LogP contribution in [-0.4, -0.2) is 32.8 Å². The molecule has 0 spiro atoms. The van der Waals surface area contributed by atoms with E-state index >= 15 is 0 Å². The molecule has 0 aliphatic carbocycles. The summed E-state index contributed by atoms with van der Waals surface area (Å²) in [6.07, 6.45) is 1.75. The molecule has 30 heavy (non-hydrogen) atoms. The maximum atomic E-state index is 12.6. The predicted molar refractivity (Wildman–Crippen MR) is 120 cm³/mol. The van der Waals surface area contributed by atoms with Crippen molar-refractivity contribution in [3.8, 4) is 17.2 Å². The minimum atomic E-state index is -0.517. The Morgan fingerprint density at radius 1 is 0.933 bits per heavy atom. The van der Waals surface area contributed by atoms with Crippen LogP contribution in [0.15, 0.2) is 60.7 Å². The third-order valence-electron chi connectivity index (χ3n) is 5.07. The third-order valence-corrected chi connectivity index (χ3v) is 5.07. The fourth-order valence-corrected chi connectivity index (χ4v) is 3.43. The first-order chi connectivity index (χ1) is 14.7. The molecule has 0 heterocycles. The molecule has 1 unspecified atom stereocenters. The molecule has 1 atom stereocenters. The Kier molecular flexibility index (Phi) is 7.55. The lowest BCUT2D eigenvalue weighted by Crippen LogP contribution is -2.38. The Morgan fingerprint density at radius 3 is 2.47 bits per heavy atom. The normalized spacial score (nSPS) is 11.7. The van der Waals surface area contributed by atoms with Gasteiger partial charge in [0.25, 0.3) is 5.91 Å². The summed E-state index contributed by atoms with van der Waals surface area (Å²) >= 11 is 0. The first kappa shape index (κ1) is 21.5. The van der Waals surface area contributed by atoms with Crippen molar-refractivity contribution in [1.29, 1.82) is 0 Å². The summed E-state index contributed by atoms with van der Waals surface area (Å²) < 4.78 is 16.7. The minimum Gasteiger partial charge on any atom is -0.493 e. The second-order valence-corrected chi connectivity index (χ2v) is 7.08. The molecule has 0 aromatic heterocycles. The summed E-state index contributed by atoms with van der Waals surface area (Å²) in [6.45, 7) is 2.54. The zero-order chi connectivity index (χ0) is 21.3. The van der Waals surface area contributed by atoms with Crippen molar-refractivity contribution in [2.45, 2.75) is 32.3 Å². The minimum absolute atomic E-state index is 0.0854. The first-order valence-corrected chi connectivity index (χ1v) is 10.3. The number of nitrogens with one attached hydrogen (secondary N) is 1. The number of hydrogen-bond acceptors (Lipinski definition) is 4. The second-order valence-electron chi connectivity index (χ2n) is 7.08. The first-order valence-electron chi connectivity index (χ1n) is 10.3. The highest BCUT2D eigenvalue weighted by Crippen LogP contribution is 2.28. The number of rotatable bonds is 10. The van der Waals surface area contributed by atoms with Gasteiger partial charge in [-0.2, -0.15) is 0 Å². The summed E-state index contributed by atoms with van der Waals surface area (Å²) in [5.41, 5.74) is 1.14. The number of hydrogen-bond donors (Lipinski definition) is 1. The Hall–Kier alpha value is -3.21. The SMILES string of the molecule is CCC(Oc1cccc2ccccc12)C(=O)NCCCc1ccc(OC)c(OC)c1. The summed E-state index contributed by atoms with van der Waals surface area (Å²) in [5.74, 6) is 2.08. The van der Waals surface area contributed by atoms with E-state index in [2.05, 4.69) is 5.32 Å². The van der Waals surface area contributed by atoms with Crippen molar-refractivity contribution < 1.29 is 19.0 Å². The van der Waals surface area contributed by atoms with Gasteiger partial charge in [0.05, 0.1) is 14.2 Å². The Bertz CT molecular complexity index is 981. The van der Waals surface area contributed by atoms with E-state index in [9.17, 15) is 4.79 Å². The van der Waals surface area contributed by atoms with Crippen LogP contribution in [0.5, 0.6) is 17.2 Å². The molecular weight excluding hydrogens is 378 g/mol. The third kappa shape index (κ3) is 5.23. The molecule has 0 saturated heterocycles. The number of fused-ring (bicyclic) bond motifs is 1. The summed E-state index contributed by atoms with van der Waals surface area (Å²) in [5, 5.41) is 5.11. The number of methoxy groups -OCH3 is 2. The molecule has 1 N–H and O–H groups in total. The van der Waals surface area contributed by atoms with Crippen LogP contribution < -0.4 is 19.5 Å².